The lowest BCUT2D eigenvalue weighted by molar-refractivity contribution is -0.136. The Hall–Kier alpha value is -2.59. The second-order valence-electron chi connectivity index (χ2n) is 5.88. The summed E-state index contributed by atoms with van der Waals surface area (Å²) in [4.78, 5) is 11.0. The van der Waals surface area contributed by atoms with Crippen LogP contribution in [-0.4, -0.2) is 15.6 Å². The first-order chi connectivity index (χ1) is 12.0. The Kier molecular flexibility index (Phi) is 4.91. The van der Waals surface area contributed by atoms with Crippen LogP contribution in [0.25, 0.3) is 16.9 Å². The predicted octanol–water partition coefficient (Wildman–Crippen LogP) is 5.26. The van der Waals surface area contributed by atoms with E-state index < -0.39 is 5.97 Å². The molecule has 3 rings (SSSR count). The van der Waals surface area contributed by atoms with Crippen LogP contribution in [-0.2, 0) is 11.2 Å². The van der Waals surface area contributed by atoms with Crippen LogP contribution in [0.3, 0.4) is 0 Å². The van der Waals surface area contributed by atoms with Crippen LogP contribution in [0.15, 0.2) is 54.6 Å². The van der Waals surface area contributed by atoms with E-state index in [1.165, 1.54) is 12.1 Å². The summed E-state index contributed by atoms with van der Waals surface area (Å²) in [5.74, 6) is -1.15. The van der Waals surface area contributed by atoms with Gasteiger partial charge >= 0.3 is 5.97 Å². The average molecular weight is 358 g/mol. The maximum Gasteiger partial charge on any atom is 0.303 e. The summed E-state index contributed by atoms with van der Waals surface area (Å²) in [5, 5.41) is 9.62. The molecule has 0 saturated heterocycles. The molecule has 0 aliphatic carbocycles. The largest absolute Gasteiger partial charge is 0.481 e. The van der Waals surface area contributed by atoms with E-state index in [4.69, 9.17) is 16.7 Å². The third-order valence-electron chi connectivity index (χ3n) is 4.11. The number of halogens is 2. The highest BCUT2D eigenvalue weighted by molar-refractivity contribution is 6.30. The van der Waals surface area contributed by atoms with Gasteiger partial charge in [0.15, 0.2) is 0 Å². The van der Waals surface area contributed by atoms with Crippen LogP contribution in [0.4, 0.5) is 4.39 Å². The van der Waals surface area contributed by atoms with E-state index in [1.54, 1.807) is 12.1 Å². The number of rotatable bonds is 5. The highest BCUT2D eigenvalue weighted by atomic mass is 35.5. The Labute approximate surface area is 150 Å². The van der Waals surface area contributed by atoms with Crippen LogP contribution in [0.2, 0.25) is 5.02 Å². The summed E-state index contributed by atoms with van der Waals surface area (Å²) >= 11 is 6.18. The number of carboxylic acid groups (broad SMARTS) is 1. The summed E-state index contributed by atoms with van der Waals surface area (Å²) < 4.78 is 15.3. The number of aromatic nitrogens is 1. The summed E-state index contributed by atoms with van der Waals surface area (Å²) in [6.07, 6.45) is 0.426. The summed E-state index contributed by atoms with van der Waals surface area (Å²) in [7, 11) is 0. The van der Waals surface area contributed by atoms with E-state index in [9.17, 15) is 9.18 Å². The molecule has 3 aromatic rings. The lowest BCUT2D eigenvalue weighted by Crippen LogP contribution is -2.06. The number of benzene rings is 2. The summed E-state index contributed by atoms with van der Waals surface area (Å²) in [6.45, 7) is 1.97. The van der Waals surface area contributed by atoms with Crippen molar-refractivity contribution in [1.29, 1.82) is 0 Å². The highest BCUT2D eigenvalue weighted by Gasteiger charge is 2.15. The van der Waals surface area contributed by atoms with Gasteiger partial charge in [0.05, 0.1) is 17.8 Å². The summed E-state index contributed by atoms with van der Waals surface area (Å²) in [5.41, 5.74) is 4.48. The Balaban J connectivity index is 2.17. The Morgan fingerprint density at radius 1 is 1.12 bits per heavy atom. The quantitative estimate of drug-likeness (QED) is 0.676. The Bertz CT molecular complexity index is 916. The number of carboxylic acids is 1. The minimum atomic E-state index is -0.848. The van der Waals surface area contributed by atoms with E-state index in [0.29, 0.717) is 11.4 Å². The molecular weight excluding hydrogens is 341 g/mol. The molecule has 3 nitrogen and oxygen atoms in total. The van der Waals surface area contributed by atoms with Crippen molar-refractivity contribution < 1.29 is 14.3 Å². The van der Waals surface area contributed by atoms with Crippen LogP contribution < -0.4 is 0 Å². The molecule has 1 heterocycles. The lowest BCUT2D eigenvalue weighted by atomic mass is 10.1. The molecule has 0 fully saturated rings. The van der Waals surface area contributed by atoms with Crippen molar-refractivity contribution in [3.05, 3.63) is 76.7 Å². The van der Waals surface area contributed by atoms with Gasteiger partial charge < -0.3 is 9.67 Å². The van der Waals surface area contributed by atoms with Crippen LogP contribution in [0.1, 0.15) is 17.7 Å². The molecule has 5 heteroatoms. The van der Waals surface area contributed by atoms with Gasteiger partial charge in [-0.05, 0) is 73.0 Å². The number of hydrogen-bond donors (Lipinski definition) is 1. The molecule has 0 aliphatic heterocycles. The molecule has 0 aliphatic rings. The van der Waals surface area contributed by atoms with Crippen molar-refractivity contribution in [3.8, 4) is 16.9 Å². The van der Waals surface area contributed by atoms with Gasteiger partial charge in [0.2, 0.25) is 0 Å². The fourth-order valence-electron chi connectivity index (χ4n) is 2.86. The molecule has 25 heavy (non-hydrogen) atoms. The Morgan fingerprint density at radius 2 is 1.84 bits per heavy atom. The zero-order valence-corrected chi connectivity index (χ0v) is 14.4. The molecule has 0 atom stereocenters. The molecule has 2 aromatic carbocycles. The fourth-order valence-corrected chi connectivity index (χ4v) is 3.03. The number of nitrogens with zero attached hydrogens (tertiary/aromatic N) is 1. The zero-order valence-electron chi connectivity index (χ0n) is 13.7. The third-order valence-corrected chi connectivity index (χ3v) is 4.34. The van der Waals surface area contributed by atoms with Gasteiger partial charge in [0.25, 0.3) is 0 Å². The van der Waals surface area contributed by atoms with Crippen molar-refractivity contribution in [3.63, 3.8) is 0 Å². The van der Waals surface area contributed by atoms with Gasteiger partial charge in [-0.25, -0.2) is 4.39 Å². The maximum atomic E-state index is 13.3. The van der Waals surface area contributed by atoms with Gasteiger partial charge in [0, 0.05) is 10.7 Å². The van der Waals surface area contributed by atoms with Crippen molar-refractivity contribution in [1.82, 2.24) is 4.57 Å². The van der Waals surface area contributed by atoms with Crippen LogP contribution in [0.5, 0.6) is 0 Å². The molecule has 1 aromatic heterocycles. The Morgan fingerprint density at radius 3 is 2.52 bits per heavy atom. The number of hydrogen-bond acceptors (Lipinski definition) is 1. The van der Waals surface area contributed by atoms with Crippen molar-refractivity contribution in [2.24, 2.45) is 0 Å². The van der Waals surface area contributed by atoms with Gasteiger partial charge in [-0.3, -0.25) is 4.79 Å². The molecule has 0 spiro atoms. The summed E-state index contributed by atoms with van der Waals surface area (Å²) in [6, 6.07) is 15.7. The van der Waals surface area contributed by atoms with E-state index in [-0.39, 0.29) is 12.2 Å². The monoisotopic (exact) mass is 357 g/mol. The molecular formula is C20H17ClFNO2. The molecule has 0 bridgehead atoms. The van der Waals surface area contributed by atoms with Gasteiger partial charge in [-0.2, -0.15) is 0 Å². The molecule has 1 N–H and O–H groups in total. The molecule has 128 valence electrons. The molecule has 0 amide bonds. The first-order valence-electron chi connectivity index (χ1n) is 7.90. The van der Waals surface area contributed by atoms with E-state index >= 15 is 0 Å². The predicted molar refractivity (Wildman–Crippen MR) is 96.9 cm³/mol. The van der Waals surface area contributed by atoms with Crippen LogP contribution in [0, 0.1) is 12.7 Å². The number of aryl methyl sites for hydroxylation is 2. The number of aliphatic carboxylic acids is 1. The standard InChI is InChI=1S/C20H17ClFNO2/c1-13-2-5-15(21)12-19(13)23-17(9-11-20(24)25)8-10-18(23)14-3-6-16(22)7-4-14/h2-8,10,12H,9,11H2,1H3,(H,24,25). The van der Waals surface area contributed by atoms with E-state index in [1.807, 2.05) is 41.8 Å². The van der Waals surface area contributed by atoms with Gasteiger partial charge in [-0.15, -0.1) is 0 Å². The van der Waals surface area contributed by atoms with Gasteiger partial charge in [0.1, 0.15) is 5.82 Å². The zero-order chi connectivity index (χ0) is 18.0. The average Bonchev–Trinajstić information content (AvgIpc) is 2.99. The highest BCUT2D eigenvalue weighted by Crippen LogP contribution is 2.30. The topological polar surface area (TPSA) is 42.2 Å². The van der Waals surface area contributed by atoms with Gasteiger partial charge in [-0.1, -0.05) is 17.7 Å². The minimum absolute atomic E-state index is 0.0342. The fraction of sp³-hybridized carbons (Fsp3) is 0.150. The molecule has 0 unspecified atom stereocenters. The SMILES string of the molecule is Cc1ccc(Cl)cc1-n1c(CCC(=O)O)ccc1-c1ccc(F)cc1. The maximum absolute atomic E-state index is 13.3. The van der Waals surface area contributed by atoms with E-state index in [2.05, 4.69) is 0 Å². The lowest BCUT2D eigenvalue weighted by Gasteiger charge is -2.16. The van der Waals surface area contributed by atoms with Crippen molar-refractivity contribution in [2.45, 2.75) is 19.8 Å². The smallest absolute Gasteiger partial charge is 0.303 e. The van der Waals surface area contributed by atoms with Crippen molar-refractivity contribution in [2.75, 3.05) is 0 Å². The van der Waals surface area contributed by atoms with Crippen molar-refractivity contribution >= 4 is 17.6 Å². The first-order valence-corrected chi connectivity index (χ1v) is 8.28. The number of carbonyl (C=O) groups is 1. The molecule has 0 saturated carbocycles. The first kappa shape index (κ1) is 17.2. The van der Waals surface area contributed by atoms with E-state index in [0.717, 1.165) is 28.2 Å². The second-order valence-corrected chi connectivity index (χ2v) is 6.31. The van der Waals surface area contributed by atoms with Crippen LogP contribution >= 0.6 is 11.6 Å². The minimum Gasteiger partial charge on any atom is -0.481 e. The normalized spacial score (nSPS) is 10.8. The second kappa shape index (κ2) is 7.11. The third kappa shape index (κ3) is 3.74. The molecule has 0 radical (unpaired) electrons.